The third kappa shape index (κ3) is 12.5. The van der Waals surface area contributed by atoms with Crippen molar-refractivity contribution < 1.29 is 39.3 Å². The van der Waals surface area contributed by atoms with Gasteiger partial charge in [0, 0.05) is 6.42 Å². The molecule has 0 aliphatic rings. The quantitative estimate of drug-likeness (QED) is 0.107. The molecule has 34 heavy (non-hydrogen) atoms. The number of nitrogens with one attached hydrogen (secondary N) is 3. The molecule has 13 nitrogen and oxygen atoms in total. The van der Waals surface area contributed by atoms with Crippen molar-refractivity contribution in [3.63, 3.8) is 0 Å². The van der Waals surface area contributed by atoms with Crippen LogP contribution in [0.5, 0.6) is 0 Å². The number of carboxylic acid groups (broad SMARTS) is 2. The van der Waals surface area contributed by atoms with Crippen LogP contribution in [0.25, 0.3) is 0 Å². The Hall–Kier alpha value is -2.77. The van der Waals surface area contributed by atoms with Gasteiger partial charge in [-0.25, -0.2) is 4.79 Å². The van der Waals surface area contributed by atoms with Crippen molar-refractivity contribution in [1.29, 1.82) is 0 Å². The summed E-state index contributed by atoms with van der Waals surface area (Å²) in [6.45, 7) is 5.22. The molecule has 0 aliphatic heterocycles. The van der Waals surface area contributed by atoms with Gasteiger partial charge in [0.1, 0.15) is 18.1 Å². The summed E-state index contributed by atoms with van der Waals surface area (Å²) in [5, 5.41) is 35.3. The topological polar surface area (TPSA) is 234 Å². The molecule has 0 rings (SSSR count). The number of hydrogen-bond donors (Lipinski definition) is 8. The number of nitrogens with two attached hydrogens (primary N) is 2. The van der Waals surface area contributed by atoms with E-state index in [4.69, 9.17) is 16.6 Å². The van der Waals surface area contributed by atoms with Crippen LogP contribution in [-0.2, 0) is 24.0 Å². The molecular weight excluding hydrogens is 450 g/mol. The molecule has 3 amide bonds. The van der Waals surface area contributed by atoms with Gasteiger partial charge in [0.25, 0.3) is 0 Å². The molecule has 0 bridgehead atoms. The molecule has 0 aromatic carbocycles. The maximum atomic E-state index is 12.8. The normalized spacial score (nSPS) is 15.5. The van der Waals surface area contributed by atoms with Gasteiger partial charge >= 0.3 is 11.9 Å². The summed E-state index contributed by atoms with van der Waals surface area (Å²) >= 11 is 0. The van der Waals surface area contributed by atoms with Crippen LogP contribution >= 0.6 is 0 Å². The van der Waals surface area contributed by atoms with Crippen molar-refractivity contribution in [2.45, 2.75) is 89.6 Å². The maximum absolute atomic E-state index is 12.8. The van der Waals surface area contributed by atoms with E-state index in [9.17, 15) is 34.2 Å². The van der Waals surface area contributed by atoms with Gasteiger partial charge in [0.15, 0.2) is 0 Å². The molecule has 0 aromatic heterocycles. The average molecular weight is 490 g/mol. The molecule has 0 fully saturated rings. The van der Waals surface area contributed by atoms with E-state index in [1.54, 1.807) is 13.8 Å². The number of unbranched alkanes of at least 4 members (excludes halogenated alkanes) is 1. The summed E-state index contributed by atoms with van der Waals surface area (Å²) in [5.41, 5.74) is 11.1. The summed E-state index contributed by atoms with van der Waals surface area (Å²) in [4.78, 5) is 60.0. The molecular formula is C21H39N5O8. The van der Waals surface area contributed by atoms with Crippen molar-refractivity contribution in [1.82, 2.24) is 16.0 Å². The van der Waals surface area contributed by atoms with Crippen molar-refractivity contribution in [2.75, 3.05) is 6.54 Å². The first-order chi connectivity index (χ1) is 15.8. The third-order valence-electron chi connectivity index (χ3n) is 4.97. The highest BCUT2D eigenvalue weighted by atomic mass is 16.4. The van der Waals surface area contributed by atoms with E-state index in [-0.39, 0.29) is 31.6 Å². The van der Waals surface area contributed by atoms with Gasteiger partial charge in [-0.2, -0.15) is 0 Å². The summed E-state index contributed by atoms with van der Waals surface area (Å²) in [6.07, 6.45) is -0.537. The highest BCUT2D eigenvalue weighted by Gasteiger charge is 2.32. The van der Waals surface area contributed by atoms with Crippen LogP contribution < -0.4 is 27.4 Å². The smallest absolute Gasteiger partial charge is 0.326 e. The third-order valence-corrected chi connectivity index (χ3v) is 4.97. The van der Waals surface area contributed by atoms with E-state index in [0.29, 0.717) is 19.4 Å². The second-order valence-corrected chi connectivity index (χ2v) is 8.64. The fraction of sp³-hybridized carbons (Fsp3) is 0.762. The molecule has 0 radical (unpaired) electrons. The zero-order valence-corrected chi connectivity index (χ0v) is 20.0. The Kier molecular flexibility index (Phi) is 14.7. The number of aliphatic carboxylic acids is 2. The lowest BCUT2D eigenvalue weighted by molar-refractivity contribution is -0.143. The number of carbonyl (C=O) groups excluding carboxylic acids is 3. The van der Waals surface area contributed by atoms with Crippen LogP contribution in [0.3, 0.4) is 0 Å². The number of aliphatic hydroxyl groups excluding tert-OH is 1. The Labute approximate surface area is 199 Å². The molecule has 0 aliphatic carbocycles. The minimum absolute atomic E-state index is 0.00755. The Morgan fingerprint density at radius 2 is 1.41 bits per heavy atom. The predicted molar refractivity (Wildman–Crippen MR) is 122 cm³/mol. The van der Waals surface area contributed by atoms with Crippen LogP contribution in [0, 0.1) is 5.92 Å². The molecule has 0 aromatic rings. The zero-order valence-electron chi connectivity index (χ0n) is 20.0. The second kappa shape index (κ2) is 16.0. The second-order valence-electron chi connectivity index (χ2n) is 8.64. The van der Waals surface area contributed by atoms with E-state index in [1.165, 1.54) is 6.92 Å². The van der Waals surface area contributed by atoms with Crippen molar-refractivity contribution in [3.8, 4) is 0 Å². The largest absolute Gasteiger partial charge is 0.481 e. The molecule has 0 heterocycles. The van der Waals surface area contributed by atoms with E-state index in [0.717, 1.165) is 0 Å². The first-order valence-electron chi connectivity index (χ1n) is 11.3. The summed E-state index contributed by atoms with van der Waals surface area (Å²) in [5.74, 6) is -4.79. The number of hydrogen-bond acceptors (Lipinski definition) is 8. The lowest BCUT2D eigenvalue weighted by Gasteiger charge is -2.26. The van der Waals surface area contributed by atoms with Crippen LogP contribution in [0.15, 0.2) is 0 Å². The number of rotatable bonds is 17. The van der Waals surface area contributed by atoms with Crippen LogP contribution in [0.2, 0.25) is 0 Å². The summed E-state index contributed by atoms with van der Waals surface area (Å²) < 4.78 is 0. The minimum atomic E-state index is -1.47. The van der Waals surface area contributed by atoms with Gasteiger partial charge in [-0.3, -0.25) is 19.2 Å². The number of amides is 3. The zero-order chi connectivity index (χ0) is 26.4. The van der Waals surface area contributed by atoms with E-state index < -0.39 is 59.9 Å². The van der Waals surface area contributed by atoms with E-state index in [2.05, 4.69) is 16.0 Å². The molecule has 0 saturated heterocycles. The van der Waals surface area contributed by atoms with E-state index in [1.807, 2.05) is 0 Å². The van der Waals surface area contributed by atoms with E-state index >= 15 is 0 Å². The SMILES string of the molecule is CC(C)CC(NC(=O)C(CCCCN)NC(=O)C(NC(=O)C(N)CCC(=O)O)C(C)O)C(=O)O. The number of carboxylic acids is 2. The average Bonchev–Trinajstić information content (AvgIpc) is 2.73. The first kappa shape index (κ1) is 31.2. The van der Waals surface area contributed by atoms with Gasteiger partial charge in [-0.05, 0) is 51.5 Å². The Morgan fingerprint density at radius 3 is 1.88 bits per heavy atom. The van der Waals surface area contributed by atoms with Gasteiger partial charge in [0.05, 0.1) is 12.1 Å². The lowest BCUT2D eigenvalue weighted by atomic mass is 10.0. The molecule has 5 unspecified atom stereocenters. The number of carbonyl (C=O) groups is 5. The highest BCUT2D eigenvalue weighted by molar-refractivity contribution is 5.94. The molecule has 13 heteroatoms. The summed E-state index contributed by atoms with van der Waals surface area (Å²) in [7, 11) is 0. The molecule has 5 atom stereocenters. The first-order valence-corrected chi connectivity index (χ1v) is 11.3. The molecule has 196 valence electrons. The monoisotopic (exact) mass is 489 g/mol. The molecule has 0 saturated carbocycles. The van der Waals surface area contributed by atoms with Crippen molar-refractivity contribution in [2.24, 2.45) is 17.4 Å². The highest BCUT2D eigenvalue weighted by Crippen LogP contribution is 2.08. The van der Waals surface area contributed by atoms with Crippen LogP contribution in [0.4, 0.5) is 0 Å². The minimum Gasteiger partial charge on any atom is -0.481 e. The van der Waals surface area contributed by atoms with Gasteiger partial charge < -0.3 is 42.7 Å². The number of aliphatic hydroxyl groups is 1. The Morgan fingerprint density at radius 1 is 0.824 bits per heavy atom. The fourth-order valence-electron chi connectivity index (χ4n) is 3.06. The maximum Gasteiger partial charge on any atom is 0.326 e. The van der Waals surface area contributed by atoms with Crippen molar-refractivity contribution >= 4 is 29.7 Å². The standard InChI is InChI=1S/C21H39N5O8/c1-11(2)10-15(21(33)34)25-19(31)14(6-4-5-9-22)24-20(32)17(12(3)27)26-18(30)13(23)7-8-16(28)29/h11-15,17,27H,4-10,22-23H2,1-3H3,(H,24,32)(H,25,31)(H,26,30)(H,28,29)(H,33,34). The molecule has 0 spiro atoms. The fourth-order valence-corrected chi connectivity index (χ4v) is 3.06. The Bertz CT molecular complexity index is 701. The van der Waals surface area contributed by atoms with Crippen LogP contribution in [0.1, 0.15) is 59.3 Å². The Balaban J connectivity index is 5.41. The summed E-state index contributed by atoms with van der Waals surface area (Å²) in [6, 6.07) is -4.98. The van der Waals surface area contributed by atoms with Crippen LogP contribution in [-0.4, -0.2) is 81.8 Å². The van der Waals surface area contributed by atoms with Gasteiger partial charge in [-0.1, -0.05) is 13.8 Å². The molecule has 10 N–H and O–H groups in total. The van der Waals surface area contributed by atoms with Crippen molar-refractivity contribution in [3.05, 3.63) is 0 Å². The lowest BCUT2D eigenvalue weighted by Crippen LogP contribution is -2.59. The van der Waals surface area contributed by atoms with Gasteiger partial charge in [-0.15, -0.1) is 0 Å². The predicted octanol–water partition coefficient (Wildman–Crippen LogP) is -1.73. The van der Waals surface area contributed by atoms with Gasteiger partial charge in [0.2, 0.25) is 17.7 Å².